The number of ether oxygens (including phenoxy) is 1. The number of nitrogens with two attached hydrogens (primary N) is 1. The van der Waals surface area contributed by atoms with Gasteiger partial charge in [0.2, 0.25) is 0 Å². The maximum atomic E-state index is 13.1. The summed E-state index contributed by atoms with van der Waals surface area (Å²) >= 11 is 0. The van der Waals surface area contributed by atoms with Gasteiger partial charge >= 0.3 is 5.97 Å². The van der Waals surface area contributed by atoms with Crippen LogP contribution in [-0.4, -0.2) is 12.6 Å². The van der Waals surface area contributed by atoms with Crippen molar-refractivity contribution in [1.82, 2.24) is 0 Å². The molecule has 0 aliphatic carbocycles. The van der Waals surface area contributed by atoms with Gasteiger partial charge in [0.1, 0.15) is 0 Å². The predicted molar refractivity (Wildman–Crippen MR) is 64.3 cm³/mol. The molecule has 6 heteroatoms. The van der Waals surface area contributed by atoms with E-state index in [1.807, 2.05) is 0 Å². The van der Waals surface area contributed by atoms with Crippen LogP contribution in [0.2, 0.25) is 0 Å². The molecule has 0 aliphatic heterocycles. The van der Waals surface area contributed by atoms with Gasteiger partial charge in [-0.1, -0.05) is 12.1 Å². The van der Waals surface area contributed by atoms with Gasteiger partial charge in [-0.15, -0.1) is 0 Å². The fraction of sp³-hybridized carbons (Fsp3) is 0.385. The van der Waals surface area contributed by atoms with E-state index in [1.165, 1.54) is 12.1 Å². The van der Waals surface area contributed by atoms with Crippen molar-refractivity contribution in [3.05, 3.63) is 34.4 Å². The third kappa shape index (κ3) is 3.48. The van der Waals surface area contributed by atoms with Gasteiger partial charge in [-0.05, 0) is 18.1 Å². The summed E-state index contributed by atoms with van der Waals surface area (Å²) in [7, 11) is 0. The molecule has 0 radical (unpaired) electrons. The van der Waals surface area contributed by atoms with Gasteiger partial charge in [0.15, 0.2) is 0 Å². The lowest BCUT2D eigenvalue weighted by Gasteiger charge is -2.13. The molecule has 0 heterocycles. The van der Waals surface area contributed by atoms with Crippen LogP contribution in [0.1, 0.15) is 35.6 Å². The maximum Gasteiger partial charge on any atom is 0.310 e. The minimum Gasteiger partial charge on any atom is -0.466 e. The number of nitriles is 1. The van der Waals surface area contributed by atoms with Gasteiger partial charge in [-0.25, -0.2) is 8.78 Å². The largest absolute Gasteiger partial charge is 0.466 e. The molecule has 0 spiro atoms. The Labute approximate surface area is 109 Å². The Morgan fingerprint density at radius 1 is 1.47 bits per heavy atom. The van der Waals surface area contributed by atoms with Crippen molar-refractivity contribution in [3.63, 3.8) is 0 Å². The molecule has 0 amide bonds. The molecule has 19 heavy (non-hydrogen) atoms. The average Bonchev–Trinajstić information content (AvgIpc) is 2.37. The normalized spacial score (nSPS) is 10.3. The molecule has 0 atom stereocenters. The SMILES string of the molecule is CCOC(=O)Cc1ccc(CN)c(C#N)c1C(F)F. The lowest BCUT2D eigenvalue weighted by atomic mass is 9.95. The molecular formula is C13H14F2N2O2. The second-order valence-electron chi connectivity index (χ2n) is 3.77. The van der Waals surface area contributed by atoms with E-state index in [4.69, 9.17) is 15.7 Å². The number of halogens is 2. The van der Waals surface area contributed by atoms with E-state index in [0.29, 0.717) is 5.56 Å². The number of benzene rings is 1. The fourth-order valence-corrected chi connectivity index (χ4v) is 1.78. The van der Waals surface area contributed by atoms with Crippen LogP contribution in [0.25, 0.3) is 0 Å². The Morgan fingerprint density at radius 2 is 2.11 bits per heavy atom. The second kappa shape index (κ2) is 6.81. The number of carbonyl (C=O) groups excluding carboxylic acids is 1. The molecule has 0 aromatic heterocycles. The van der Waals surface area contributed by atoms with Crippen LogP contribution in [0, 0.1) is 11.3 Å². The highest BCUT2D eigenvalue weighted by Crippen LogP contribution is 2.29. The van der Waals surface area contributed by atoms with Crippen LogP contribution in [-0.2, 0) is 22.5 Å². The van der Waals surface area contributed by atoms with Gasteiger partial charge in [-0.3, -0.25) is 4.79 Å². The van der Waals surface area contributed by atoms with Crippen LogP contribution in [0.5, 0.6) is 0 Å². The van der Waals surface area contributed by atoms with Crippen LogP contribution in [0.3, 0.4) is 0 Å². The van der Waals surface area contributed by atoms with Crippen molar-refractivity contribution < 1.29 is 18.3 Å². The van der Waals surface area contributed by atoms with Gasteiger partial charge < -0.3 is 10.5 Å². The first kappa shape index (κ1) is 15.1. The lowest BCUT2D eigenvalue weighted by Crippen LogP contribution is -2.12. The third-order valence-corrected chi connectivity index (χ3v) is 2.61. The Bertz CT molecular complexity index is 510. The molecule has 1 aromatic carbocycles. The summed E-state index contributed by atoms with van der Waals surface area (Å²) < 4.78 is 30.9. The van der Waals surface area contributed by atoms with E-state index < -0.39 is 18.0 Å². The Hall–Kier alpha value is -2.00. The highest BCUT2D eigenvalue weighted by atomic mass is 19.3. The molecule has 0 unspecified atom stereocenters. The minimum absolute atomic E-state index is 0.0116. The number of esters is 1. The van der Waals surface area contributed by atoms with Crippen LogP contribution < -0.4 is 5.73 Å². The molecule has 2 N–H and O–H groups in total. The second-order valence-corrected chi connectivity index (χ2v) is 3.77. The topological polar surface area (TPSA) is 76.1 Å². The molecule has 0 fully saturated rings. The van der Waals surface area contributed by atoms with Crippen molar-refractivity contribution >= 4 is 5.97 Å². The van der Waals surface area contributed by atoms with E-state index in [1.54, 1.807) is 13.0 Å². The third-order valence-electron chi connectivity index (χ3n) is 2.61. The van der Waals surface area contributed by atoms with Crippen LogP contribution in [0.15, 0.2) is 12.1 Å². The maximum absolute atomic E-state index is 13.1. The molecule has 0 bridgehead atoms. The molecule has 102 valence electrons. The first-order chi connectivity index (χ1) is 9.04. The zero-order valence-electron chi connectivity index (χ0n) is 10.5. The van der Waals surface area contributed by atoms with E-state index >= 15 is 0 Å². The number of hydrogen-bond acceptors (Lipinski definition) is 4. The minimum atomic E-state index is -2.84. The Kier molecular flexibility index (Phi) is 5.39. The summed E-state index contributed by atoms with van der Waals surface area (Å²) in [5, 5.41) is 8.99. The van der Waals surface area contributed by atoms with E-state index in [9.17, 15) is 13.6 Å². The molecule has 0 saturated heterocycles. The first-order valence-corrected chi connectivity index (χ1v) is 5.73. The first-order valence-electron chi connectivity index (χ1n) is 5.73. The number of rotatable bonds is 5. The molecule has 1 rings (SSSR count). The summed E-state index contributed by atoms with van der Waals surface area (Å²) in [4.78, 5) is 11.4. The Morgan fingerprint density at radius 3 is 2.58 bits per heavy atom. The zero-order valence-corrected chi connectivity index (χ0v) is 10.5. The number of hydrogen-bond donors (Lipinski definition) is 1. The molecule has 1 aromatic rings. The summed E-state index contributed by atoms with van der Waals surface area (Å²) in [6.07, 6.45) is -3.13. The smallest absolute Gasteiger partial charge is 0.310 e. The van der Waals surface area contributed by atoms with Gasteiger partial charge in [0.05, 0.1) is 24.7 Å². The number of alkyl halides is 2. The van der Waals surface area contributed by atoms with Gasteiger partial charge in [-0.2, -0.15) is 5.26 Å². The van der Waals surface area contributed by atoms with E-state index in [-0.39, 0.29) is 30.7 Å². The summed E-state index contributed by atoms with van der Waals surface area (Å²) in [6, 6.07) is 4.61. The Balaban J connectivity index is 3.25. The van der Waals surface area contributed by atoms with Crippen molar-refractivity contribution in [2.24, 2.45) is 5.73 Å². The highest BCUT2D eigenvalue weighted by molar-refractivity contribution is 5.73. The summed E-state index contributed by atoms with van der Waals surface area (Å²) in [5.41, 5.74) is 5.26. The number of nitrogens with zero attached hydrogens (tertiary/aromatic N) is 1. The molecule has 0 saturated carbocycles. The number of carbonyl (C=O) groups is 1. The van der Waals surface area contributed by atoms with Crippen molar-refractivity contribution in [2.75, 3.05) is 6.61 Å². The van der Waals surface area contributed by atoms with Gasteiger partial charge in [0, 0.05) is 12.1 Å². The fourth-order valence-electron chi connectivity index (χ4n) is 1.78. The molecule has 4 nitrogen and oxygen atoms in total. The van der Waals surface area contributed by atoms with E-state index in [2.05, 4.69) is 0 Å². The molecule has 0 aliphatic rings. The van der Waals surface area contributed by atoms with E-state index in [0.717, 1.165) is 0 Å². The van der Waals surface area contributed by atoms with Crippen molar-refractivity contribution in [2.45, 2.75) is 26.3 Å². The van der Waals surface area contributed by atoms with Gasteiger partial charge in [0.25, 0.3) is 6.43 Å². The monoisotopic (exact) mass is 268 g/mol. The highest BCUT2D eigenvalue weighted by Gasteiger charge is 2.22. The van der Waals surface area contributed by atoms with Crippen LogP contribution >= 0.6 is 0 Å². The lowest BCUT2D eigenvalue weighted by molar-refractivity contribution is -0.142. The van der Waals surface area contributed by atoms with Crippen molar-refractivity contribution in [1.29, 1.82) is 5.26 Å². The predicted octanol–water partition coefficient (Wildman–Crippen LogP) is 2.06. The zero-order chi connectivity index (χ0) is 14.4. The molecular weight excluding hydrogens is 254 g/mol. The average molecular weight is 268 g/mol. The van der Waals surface area contributed by atoms with Crippen molar-refractivity contribution in [3.8, 4) is 6.07 Å². The summed E-state index contributed by atoms with van der Waals surface area (Å²) in [5.74, 6) is -0.603. The quantitative estimate of drug-likeness (QED) is 0.829. The standard InChI is InChI=1S/C13H14F2N2O2/c1-2-19-11(18)5-8-3-4-9(6-16)10(7-17)12(8)13(14)15/h3-4,13H,2,5-6,16H2,1H3. The van der Waals surface area contributed by atoms with Crippen LogP contribution in [0.4, 0.5) is 8.78 Å². The summed E-state index contributed by atoms with van der Waals surface area (Å²) in [6.45, 7) is 1.79.